The van der Waals surface area contributed by atoms with E-state index in [4.69, 9.17) is 4.74 Å². The number of halogens is 1. The Morgan fingerprint density at radius 3 is 2.46 bits per heavy atom. The predicted molar refractivity (Wildman–Crippen MR) is 92.4 cm³/mol. The van der Waals surface area contributed by atoms with Crippen LogP contribution in [-0.2, 0) is 12.2 Å². The summed E-state index contributed by atoms with van der Waals surface area (Å²) in [4.78, 5) is 2.27. The van der Waals surface area contributed by atoms with Gasteiger partial charge in [0.25, 0.3) is 0 Å². The zero-order chi connectivity index (χ0) is 17.0. The highest BCUT2D eigenvalue weighted by Gasteiger charge is 2.36. The van der Waals surface area contributed by atoms with Crippen LogP contribution in [0.1, 0.15) is 30.9 Å². The summed E-state index contributed by atoms with van der Waals surface area (Å²) in [6.45, 7) is 4.92. The lowest BCUT2D eigenvalue weighted by molar-refractivity contribution is -0.0276. The molecule has 0 radical (unpaired) electrons. The Hall–Kier alpha value is -1.91. The fourth-order valence-electron chi connectivity index (χ4n) is 3.23. The first kappa shape index (κ1) is 16.9. The van der Waals surface area contributed by atoms with Gasteiger partial charge in [-0.25, -0.2) is 4.39 Å². The van der Waals surface area contributed by atoms with Crippen LogP contribution in [0.3, 0.4) is 0 Å². The van der Waals surface area contributed by atoms with Crippen LogP contribution in [0.25, 0.3) is 0 Å². The molecule has 3 nitrogen and oxygen atoms in total. The molecule has 0 amide bonds. The van der Waals surface area contributed by atoms with Crippen molar-refractivity contribution in [3.05, 3.63) is 65.5 Å². The average molecular weight is 329 g/mol. The van der Waals surface area contributed by atoms with E-state index in [-0.39, 0.29) is 5.75 Å². The third-order valence-electron chi connectivity index (χ3n) is 4.83. The molecule has 1 N–H and O–H groups in total. The van der Waals surface area contributed by atoms with Gasteiger partial charge in [0, 0.05) is 18.7 Å². The molecule has 4 heteroatoms. The van der Waals surface area contributed by atoms with Gasteiger partial charge in [0.2, 0.25) is 0 Å². The molecule has 1 heterocycles. The summed E-state index contributed by atoms with van der Waals surface area (Å²) in [6.07, 6.45) is 1.08. The first-order valence-electron chi connectivity index (χ1n) is 8.53. The quantitative estimate of drug-likeness (QED) is 0.908. The summed E-state index contributed by atoms with van der Waals surface area (Å²) in [7, 11) is 0. The normalized spacial score (nSPS) is 17.6. The van der Waals surface area contributed by atoms with Crippen molar-refractivity contribution in [3.63, 3.8) is 0 Å². The number of benzene rings is 2. The highest BCUT2D eigenvalue weighted by Crippen LogP contribution is 2.37. The number of nitrogens with zero attached hydrogens (tertiary/aromatic N) is 1. The van der Waals surface area contributed by atoms with Crippen molar-refractivity contribution < 1.29 is 14.2 Å². The Kier molecular flexibility index (Phi) is 5.17. The van der Waals surface area contributed by atoms with E-state index in [1.807, 2.05) is 30.3 Å². The molecule has 0 saturated carbocycles. The Morgan fingerprint density at radius 1 is 1.08 bits per heavy atom. The fourth-order valence-corrected chi connectivity index (χ4v) is 3.23. The minimum atomic E-state index is -1.11. The van der Waals surface area contributed by atoms with Gasteiger partial charge in [-0.2, -0.15) is 0 Å². The van der Waals surface area contributed by atoms with Crippen molar-refractivity contribution in [2.24, 2.45) is 0 Å². The van der Waals surface area contributed by atoms with Crippen molar-refractivity contribution >= 4 is 0 Å². The van der Waals surface area contributed by atoms with Gasteiger partial charge in [-0.3, -0.25) is 0 Å². The largest absolute Gasteiger partial charge is 0.486 e. The number of hydrogen-bond donors (Lipinski definition) is 1. The van der Waals surface area contributed by atoms with Crippen molar-refractivity contribution in [2.75, 3.05) is 19.6 Å². The van der Waals surface area contributed by atoms with E-state index in [9.17, 15) is 9.50 Å². The summed E-state index contributed by atoms with van der Waals surface area (Å²) >= 11 is 0. The third-order valence-corrected chi connectivity index (χ3v) is 4.83. The Bertz CT molecular complexity index is 667. The van der Waals surface area contributed by atoms with Gasteiger partial charge in [-0.05, 0) is 31.0 Å². The van der Waals surface area contributed by atoms with Gasteiger partial charge < -0.3 is 14.7 Å². The fraction of sp³-hybridized carbons (Fsp3) is 0.400. The zero-order valence-electron chi connectivity index (χ0n) is 14.0. The molecule has 0 atom stereocenters. The second-order valence-corrected chi connectivity index (χ2v) is 6.36. The number of hydrogen-bond acceptors (Lipinski definition) is 3. The molecule has 2 aromatic carbocycles. The molecule has 128 valence electrons. The van der Waals surface area contributed by atoms with Crippen molar-refractivity contribution in [1.29, 1.82) is 0 Å². The first-order chi connectivity index (χ1) is 11.6. The van der Waals surface area contributed by atoms with E-state index < -0.39 is 11.4 Å². The molecule has 3 rings (SSSR count). The first-order valence-corrected chi connectivity index (χ1v) is 8.53. The molecule has 2 aromatic rings. The summed E-state index contributed by atoms with van der Waals surface area (Å²) in [5, 5.41) is 10.9. The monoisotopic (exact) mass is 329 g/mol. The molecule has 24 heavy (non-hydrogen) atoms. The number of rotatable bonds is 5. The Balaban J connectivity index is 1.76. The van der Waals surface area contributed by atoms with Crippen LogP contribution in [0, 0.1) is 5.82 Å². The molecule has 0 spiro atoms. The molecule has 0 aromatic heterocycles. The van der Waals surface area contributed by atoms with E-state index in [0.717, 1.165) is 25.2 Å². The van der Waals surface area contributed by atoms with Crippen LogP contribution in [0.2, 0.25) is 0 Å². The van der Waals surface area contributed by atoms with Gasteiger partial charge in [-0.15, -0.1) is 0 Å². The van der Waals surface area contributed by atoms with Crippen molar-refractivity contribution in [2.45, 2.75) is 32.0 Å². The molecule has 0 bridgehead atoms. The molecule has 0 unspecified atom stereocenters. The summed E-state index contributed by atoms with van der Waals surface area (Å²) < 4.78 is 20.5. The van der Waals surface area contributed by atoms with Crippen LogP contribution >= 0.6 is 0 Å². The van der Waals surface area contributed by atoms with E-state index >= 15 is 0 Å². The van der Waals surface area contributed by atoms with Gasteiger partial charge in [-0.1, -0.05) is 49.4 Å². The van der Waals surface area contributed by atoms with Crippen LogP contribution in [-0.4, -0.2) is 29.6 Å². The number of aliphatic hydroxyl groups is 1. The highest BCUT2D eigenvalue weighted by molar-refractivity contribution is 5.35. The second-order valence-electron chi connectivity index (χ2n) is 6.36. The van der Waals surface area contributed by atoms with E-state index in [1.165, 1.54) is 0 Å². The lowest BCUT2D eigenvalue weighted by atomic mass is 9.84. The molecule has 0 aliphatic carbocycles. The van der Waals surface area contributed by atoms with Crippen LogP contribution in [0.4, 0.5) is 4.39 Å². The van der Waals surface area contributed by atoms with Crippen molar-refractivity contribution in [3.8, 4) is 5.75 Å². The van der Waals surface area contributed by atoms with Crippen LogP contribution < -0.4 is 4.74 Å². The third kappa shape index (κ3) is 3.60. The minimum absolute atomic E-state index is 0.197. The van der Waals surface area contributed by atoms with E-state index in [0.29, 0.717) is 25.0 Å². The number of ether oxygens (including phenoxy) is 1. The summed E-state index contributed by atoms with van der Waals surface area (Å²) in [5.74, 6) is -0.247. The van der Waals surface area contributed by atoms with Crippen molar-refractivity contribution in [1.82, 2.24) is 4.90 Å². The lowest BCUT2D eigenvalue weighted by Gasteiger charge is -2.38. The highest BCUT2D eigenvalue weighted by atomic mass is 19.1. The molecule has 1 saturated heterocycles. The zero-order valence-corrected chi connectivity index (χ0v) is 14.0. The SMILES string of the molecule is CCN1CCC(O)(c2cccc(OCc3ccccc3)c2F)CC1. The van der Waals surface area contributed by atoms with Gasteiger partial charge in [0.05, 0.1) is 5.60 Å². The standard InChI is InChI=1S/C20H24FNO2/c1-2-22-13-11-20(23,12-14-22)17-9-6-10-18(19(17)21)24-15-16-7-4-3-5-8-16/h3-10,23H,2,11-15H2,1H3. The Morgan fingerprint density at radius 2 is 1.79 bits per heavy atom. The Labute approximate surface area is 142 Å². The van der Waals surface area contributed by atoms with Crippen LogP contribution in [0.15, 0.2) is 48.5 Å². The molecular weight excluding hydrogens is 305 g/mol. The molecule has 1 aliphatic rings. The van der Waals surface area contributed by atoms with Crippen LogP contribution in [0.5, 0.6) is 5.75 Å². The van der Waals surface area contributed by atoms with Gasteiger partial charge in [0.1, 0.15) is 6.61 Å². The maximum atomic E-state index is 14.9. The molecule has 1 fully saturated rings. The average Bonchev–Trinajstić information content (AvgIpc) is 2.62. The topological polar surface area (TPSA) is 32.7 Å². The molecular formula is C20H24FNO2. The number of likely N-dealkylation sites (tertiary alicyclic amines) is 1. The lowest BCUT2D eigenvalue weighted by Crippen LogP contribution is -2.42. The van der Waals surface area contributed by atoms with E-state index in [1.54, 1.807) is 18.2 Å². The summed E-state index contributed by atoms with van der Waals surface area (Å²) in [5.41, 5.74) is 0.225. The van der Waals surface area contributed by atoms with Gasteiger partial charge >= 0.3 is 0 Å². The predicted octanol–water partition coefficient (Wildman–Crippen LogP) is 3.71. The summed E-state index contributed by atoms with van der Waals surface area (Å²) in [6, 6.07) is 14.7. The maximum Gasteiger partial charge on any atom is 0.171 e. The smallest absolute Gasteiger partial charge is 0.171 e. The van der Waals surface area contributed by atoms with Gasteiger partial charge in [0.15, 0.2) is 11.6 Å². The molecule has 1 aliphatic heterocycles. The van der Waals surface area contributed by atoms with E-state index in [2.05, 4.69) is 11.8 Å². The minimum Gasteiger partial charge on any atom is -0.486 e. The second kappa shape index (κ2) is 7.32. The maximum absolute atomic E-state index is 14.9. The number of piperidine rings is 1.